The molecule has 0 aliphatic rings. The van der Waals surface area contributed by atoms with Gasteiger partial charge in [-0.25, -0.2) is 4.79 Å². The van der Waals surface area contributed by atoms with E-state index < -0.39 is 24.0 Å². The van der Waals surface area contributed by atoms with E-state index in [9.17, 15) is 22.4 Å². The molecule has 0 saturated heterocycles. The molecule has 0 unspecified atom stereocenters. The molecule has 1 N–H and O–H groups in total. The Kier molecular flexibility index (Phi) is 2.73. The maximum absolute atomic E-state index is 12.2. The Morgan fingerprint density at radius 2 is 2.14 bits per heavy atom. The highest BCUT2D eigenvalue weighted by Gasteiger charge is 2.44. The smallest absolute Gasteiger partial charge is 0.425 e. The molecule has 1 heterocycles. The quantitative estimate of drug-likeness (QED) is 0.760. The summed E-state index contributed by atoms with van der Waals surface area (Å²) in [7, 11) is 0. The van der Waals surface area contributed by atoms with E-state index >= 15 is 0 Å². The Balaban J connectivity index is 2.79. The predicted octanol–water partition coefficient (Wildman–Crippen LogP) is 1.01. The zero-order valence-corrected chi connectivity index (χ0v) is 6.51. The first-order valence-electron chi connectivity index (χ1n) is 3.31. The van der Waals surface area contributed by atoms with Gasteiger partial charge in [-0.3, -0.25) is 0 Å². The minimum absolute atomic E-state index is 0.620. The van der Waals surface area contributed by atoms with Gasteiger partial charge in [0.1, 0.15) is 0 Å². The van der Waals surface area contributed by atoms with E-state index in [-0.39, 0.29) is 0 Å². The minimum atomic E-state index is -4.60. The number of halogens is 4. The normalized spacial score (nSPS) is 11.8. The van der Waals surface area contributed by atoms with Crippen LogP contribution in [0.4, 0.5) is 17.6 Å². The van der Waals surface area contributed by atoms with Crippen LogP contribution in [0.15, 0.2) is 17.2 Å². The number of ether oxygens (including phenoxy) is 1. The summed E-state index contributed by atoms with van der Waals surface area (Å²) in [5, 5.41) is 0. The van der Waals surface area contributed by atoms with Crippen LogP contribution in [0, 0.1) is 0 Å². The Bertz CT molecular complexity index is 345. The van der Waals surface area contributed by atoms with Gasteiger partial charge in [-0.05, 0) is 0 Å². The molecule has 0 aliphatic heterocycles. The number of hydrogen-bond donors (Lipinski definition) is 1. The second kappa shape index (κ2) is 3.64. The van der Waals surface area contributed by atoms with E-state index in [0.29, 0.717) is 12.4 Å². The van der Waals surface area contributed by atoms with Crippen LogP contribution in [0.25, 0.3) is 0 Å². The third-order valence-corrected chi connectivity index (χ3v) is 1.15. The van der Waals surface area contributed by atoms with Crippen LogP contribution in [0.3, 0.4) is 0 Å². The standard InChI is InChI=1S/C6H4F4N2O2/c7-4(8)6(9,10)14-3-1-11-5(13)12-2-3/h1-2,4H,(H,11,12,13). The van der Waals surface area contributed by atoms with E-state index in [4.69, 9.17) is 0 Å². The summed E-state index contributed by atoms with van der Waals surface area (Å²) in [4.78, 5) is 15.3. The molecule has 1 rings (SSSR count). The van der Waals surface area contributed by atoms with Gasteiger partial charge in [0.2, 0.25) is 0 Å². The molecule has 4 nitrogen and oxygen atoms in total. The summed E-state index contributed by atoms with van der Waals surface area (Å²) in [6, 6.07) is 0. The number of alkyl halides is 4. The van der Waals surface area contributed by atoms with E-state index in [2.05, 4.69) is 9.72 Å². The fraction of sp³-hybridized carbons (Fsp3) is 0.333. The molecule has 0 spiro atoms. The van der Waals surface area contributed by atoms with Gasteiger partial charge in [-0.2, -0.15) is 22.5 Å². The Morgan fingerprint density at radius 1 is 1.50 bits per heavy atom. The lowest BCUT2D eigenvalue weighted by molar-refractivity contribution is -0.253. The Hall–Kier alpha value is -1.60. The Morgan fingerprint density at radius 3 is 2.57 bits per heavy atom. The maximum atomic E-state index is 12.2. The fourth-order valence-corrected chi connectivity index (χ4v) is 0.587. The molecule has 0 saturated carbocycles. The molecule has 1 aromatic rings. The lowest BCUT2D eigenvalue weighted by atomic mass is 10.6. The van der Waals surface area contributed by atoms with Gasteiger partial charge in [-0.15, -0.1) is 0 Å². The lowest BCUT2D eigenvalue weighted by Crippen LogP contribution is -2.33. The van der Waals surface area contributed by atoms with Crippen molar-refractivity contribution in [2.24, 2.45) is 0 Å². The van der Waals surface area contributed by atoms with Crippen LogP contribution in [-0.2, 0) is 0 Å². The van der Waals surface area contributed by atoms with Gasteiger partial charge in [0.15, 0.2) is 5.75 Å². The van der Waals surface area contributed by atoms with Crippen molar-refractivity contribution in [1.82, 2.24) is 9.97 Å². The molecule has 0 aromatic carbocycles. The summed E-state index contributed by atoms with van der Waals surface area (Å²) in [5.41, 5.74) is -0.794. The molecule has 0 atom stereocenters. The first kappa shape index (κ1) is 10.5. The first-order chi connectivity index (χ1) is 6.42. The van der Waals surface area contributed by atoms with Crippen LogP contribution >= 0.6 is 0 Å². The summed E-state index contributed by atoms with van der Waals surface area (Å²) in [6.45, 7) is 0. The fourth-order valence-electron chi connectivity index (χ4n) is 0.587. The van der Waals surface area contributed by atoms with Crippen LogP contribution in [-0.4, -0.2) is 22.5 Å². The summed E-state index contributed by atoms with van der Waals surface area (Å²) in [6.07, 6.45) is -7.21. The van der Waals surface area contributed by atoms with Crippen LogP contribution < -0.4 is 10.4 Å². The zero-order valence-electron chi connectivity index (χ0n) is 6.51. The minimum Gasteiger partial charge on any atom is -0.425 e. The van der Waals surface area contributed by atoms with Gasteiger partial charge in [0, 0.05) is 6.20 Å². The second-order valence-electron chi connectivity index (χ2n) is 2.22. The molecule has 78 valence electrons. The average Bonchev–Trinajstić information content (AvgIpc) is 2.08. The van der Waals surface area contributed by atoms with Crippen molar-refractivity contribution in [3.8, 4) is 5.75 Å². The molecular weight excluding hydrogens is 208 g/mol. The second-order valence-corrected chi connectivity index (χ2v) is 2.22. The van der Waals surface area contributed by atoms with Crippen molar-refractivity contribution in [2.75, 3.05) is 0 Å². The summed E-state index contributed by atoms with van der Waals surface area (Å²) in [5.74, 6) is -0.644. The van der Waals surface area contributed by atoms with Crippen molar-refractivity contribution >= 4 is 0 Å². The molecule has 8 heteroatoms. The van der Waals surface area contributed by atoms with Crippen molar-refractivity contribution in [1.29, 1.82) is 0 Å². The summed E-state index contributed by atoms with van der Waals surface area (Å²) >= 11 is 0. The number of nitrogens with one attached hydrogen (secondary N) is 1. The van der Waals surface area contributed by atoms with Crippen molar-refractivity contribution in [3.63, 3.8) is 0 Å². The highest BCUT2D eigenvalue weighted by atomic mass is 19.3. The number of hydrogen-bond acceptors (Lipinski definition) is 3. The van der Waals surface area contributed by atoms with Gasteiger partial charge >= 0.3 is 18.2 Å². The number of aromatic amines is 1. The van der Waals surface area contributed by atoms with E-state index in [0.717, 1.165) is 0 Å². The van der Waals surface area contributed by atoms with Gasteiger partial charge in [0.05, 0.1) is 6.20 Å². The Labute approximate surface area is 74.5 Å². The SMILES string of the molecule is O=c1ncc(OC(F)(F)C(F)F)c[nH]1. The van der Waals surface area contributed by atoms with Gasteiger partial charge in [-0.1, -0.05) is 0 Å². The molecular formula is C6H4F4N2O2. The molecule has 0 fully saturated rings. The zero-order chi connectivity index (χ0) is 10.8. The van der Waals surface area contributed by atoms with E-state index in [1.165, 1.54) is 0 Å². The number of H-pyrrole nitrogens is 1. The predicted molar refractivity (Wildman–Crippen MR) is 36.4 cm³/mol. The van der Waals surface area contributed by atoms with E-state index in [1.807, 2.05) is 4.98 Å². The largest absolute Gasteiger partial charge is 0.461 e. The molecule has 0 amide bonds. The lowest BCUT2D eigenvalue weighted by Gasteiger charge is -2.15. The maximum Gasteiger partial charge on any atom is 0.461 e. The molecule has 14 heavy (non-hydrogen) atoms. The highest BCUT2D eigenvalue weighted by Crippen LogP contribution is 2.25. The number of nitrogens with zero attached hydrogens (tertiary/aromatic N) is 1. The number of aromatic nitrogens is 2. The van der Waals surface area contributed by atoms with Crippen molar-refractivity contribution < 1.29 is 22.3 Å². The number of rotatable bonds is 3. The van der Waals surface area contributed by atoms with Gasteiger partial charge in [0.25, 0.3) is 0 Å². The molecule has 0 aliphatic carbocycles. The monoisotopic (exact) mass is 212 g/mol. The van der Waals surface area contributed by atoms with Gasteiger partial charge < -0.3 is 9.72 Å². The topological polar surface area (TPSA) is 55.0 Å². The van der Waals surface area contributed by atoms with Crippen LogP contribution in [0.5, 0.6) is 5.75 Å². The van der Waals surface area contributed by atoms with Crippen molar-refractivity contribution in [2.45, 2.75) is 12.5 Å². The summed E-state index contributed by atoms with van der Waals surface area (Å²) < 4.78 is 51.3. The van der Waals surface area contributed by atoms with Crippen molar-refractivity contribution in [3.05, 3.63) is 22.9 Å². The third kappa shape index (κ3) is 2.44. The molecule has 0 radical (unpaired) electrons. The van der Waals surface area contributed by atoms with Crippen LogP contribution in [0.2, 0.25) is 0 Å². The van der Waals surface area contributed by atoms with E-state index in [1.54, 1.807) is 0 Å². The first-order valence-corrected chi connectivity index (χ1v) is 3.31. The molecule has 1 aromatic heterocycles. The third-order valence-electron chi connectivity index (χ3n) is 1.15. The average molecular weight is 212 g/mol. The highest BCUT2D eigenvalue weighted by molar-refractivity contribution is 5.10. The molecule has 0 bridgehead atoms. The van der Waals surface area contributed by atoms with Crippen LogP contribution in [0.1, 0.15) is 0 Å².